The number of fused-ring (bicyclic) bond motifs is 1. The molecule has 128 valence electrons. The highest BCUT2D eigenvalue weighted by Crippen LogP contribution is 2.28. The number of nitrogens with zero attached hydrogens (tertiary/aromatic N) is 1. The molecule has 0 bridgehead atoms. The third-order valence-corrected chi connectivity index (χ3v) is 4.41. The number of hydrogen-bond donors (Lipinski definition) is 0. The van der Waals surface area contributed by atoms with Crippen LogP contribution in [0.3, 0.4) is 0 Å². The van der Waals surface area contributed by atoms with Gasteiger partial charge in [-0.25, -0.2) is 4.98 Å². The number of rotatable bonds is 5. The summed E-state index contributed by atoms with van der Waals surface area (Å²) in [5.74, 6) is 0.643. The molecule has 4 rings (SSSR count). The molecule has 0 unspecified atom stereocenters. The lowest BCUT2D eigenvalue weighted by atomic mass is 10.1. The van der Waals surface area contributed by atoms with Crippen LogP contribution in [0.4, 0.5) is 0 Å². The van der Waals surface area contributed by atoms with Crippen molar-refractivity contribution in [1.29, 1.82) is 0 Å². The standard InChI is InChI=1S/C20H18ClNO3/c1-13-24-20(25-13)11-14-6-9-19(17(21)10-14)23-12-16-8-7-15-4-2-3-5-18(15)22-16/h2-10,13,20H,11-12H2,1H3. The highest BCUT2D eigenvalue weighted by atomic mass is 35.5. The van der Waals surface area contributed by atoms with Crippen LogP contribution >= 0.6 is 11.6 Å². The van der Waals surface area contributed by atoms with Gasteiger partial charge in [0.25, 0.3) is 0 Å². The fourth-order valence-electron chi connectivity index (χ4n) is 2.86. The molecule has 0 saturated carbocycles. The van der Waals surface area contributed by atoms with Crippen molar-refractivity contribution < 1.29 is 14.2 Å². The van der Waals surface area contributed by atoms with Crippen LogP contribution < -0.4 is 4.74 Å². The molecule has 1 saturated heterocycles. The van der Waals surface area contributed by atoms with Crippen LogP contribution in [0.2, 0.25) is 5.02 Å². The van der Waals surface area contributed by atoms with E-state index in [1.54, 1.807) is 0 Å². The van der Waals surface area contributed by atoms with Gasteiger partial charge < -0.3 is 14.2 Å². The molecule has 25 heavy (non-hydrogen) atoms. The van der Waals surface area contributed by atoms with Gasteiger partial charge in [-0.05, 0) is 36.8 Å². The Balaban J connectivity index is 1.41. The molecule has 0 radical (unpaired) electrons. The van der Waals surface area contributed by atoms with E-state index in [0.717, 1.165) is 22.2 Å². The predicted octanol–water partition coefficient (Wildman–Crippen LogP) is 4.73. The largest absolute Gasteiger partial charge is 0.486 e. The lowest BCUT2D eigenvalue weighted by Gasteiger charge is -2.33. The number of para-hydroxylation sites is 1. The van der Waals surface area contributed by atoms with Crippen molar-refractivity contribution in [2.45, 2.75) is 32.5 Å². The van der Waals surface area contributed by atoms with Crippen LogP contribution in [0.5, 0.6) is 5.75 Å². The van der Waals surface area contributed by atoms with Crippen LogP contribution in [0, 0.1) is 0 Å². The average Bonchev–Trinajstić information content (AvgIpc) is 2.59. The monoisotopic (exact) mass is 355 g/mol. The third kappa shape index (κ3) is 3.76. The first-order valence-corrected chi connectivity index (χ1v) is 8.62. The quantitative estimate of drug-likeness (QED) is 0.663. The Morgan fingerprint density at radius 1 is 1.08 bits per heavy atom. The number of benzene rings is 2. The second-order valence-corrected chi connectivity index (χ2v) is 6.43. The van der Waals surface area contributed by atoms with E-state index in [-0.39, 0.29) is 12.6 Å². The first-order valence-electron chi connectivity index (χ1n) is 8.24. The van der Waals surface area contributed by atoms with Crippen LogP contribution in [0.25, 0.3) is 10.9 Å². The second-order valence-electron chi connectivity index (χ2n) is 6.02. The maximum Gasteiger partial charge on any atom is 0.167 e. The van der Waals surface area contributed by atoms with Gasteiger partial charge in [0.15, 0.2) is 12.6 Å². The van der Waals surface area contributed by atoms with Crippen LogP contribution in [-0.4, -0.2) is 17.6 Å². The van der Waals surface area contributed by atoms with E-state index < -0.39 is 0 Å². The summed E-state index contributed by atoms with van der Waals surface area (Å²) in [6.45, 7) is 2.25. The summed E-state index contributed by atoms with van der Waals surface area (Å²) in [7, 11) is 0. The molecule has 0 amide bonds. The summed E-state index contributed by atoms with van der Waals surface area (Å²) in [4.78, 5) is 4.60. The van der Waals surface area contributed by atoms with Gasteiger partial charge in [0.05, 0.1) is 16.2 Å². The smallest absolute Gasteiger partial charge is 0.167 e. The molecule has 1 aliphatic rings. The van der Waals surface area contributed by atoms with Crippen molar-refractivity contribution in [3.63, 3.8) is 0 Å². The molecule has 2 aromatic carbocycles. The molecular weight excluding hydrogens is 338 g/mol. The SMILES string of the molecule is CC1OC(Cc2ccc(OCc3ccc4ccccc4n3)c(Cl)c2)O1. The van der Waals surface area contributed by atoms with E-state index >= 15 is 0 Å². The molecule has 0 aliphatic carbocycles. The fraction of sp³-hybridized carbons (Fsp3) is 0.250. The first-order chi connectivity index (χ1) is 12.2. The van der Waals surface area contributed by atoms with Gasteiger partial charge in [-0.1, -0.05) is 41.9 Å². The van der Waals surface area contributed by atoms with Gasteiger partial charge in [-0.2, -0.15) is 0 Å². The zero-order valence-electron chi connectivity index (χ0n) is 13.8. The van der Waals surface area contributed by atoms with Gasteiger partial charge in [-0.15, -0.1) is 0 Å². The fourth-order valence-corrected chi connectivity index (χ4v) is 3.11. The summed E-state index contributed by atoms with van der Waals surface area (Å²) in [5, 5.41) is 1.69. The topological polar surface area (TPSA) is 40.6 Å². The van der Waals surface area contributed by atoms with Gasteiger partial charge >= 0.3 is 0 Å². The summed E-state index contributed by atoms with van der Waals surface area (Å²) in [6.07, 6.45) is 0.383. The number of hydrogen-bond acceptors (Lipinski definition) is 4. The summed E-state index contributed by atoms with van der Waals surface area (Å²) < 4.78 is 16.7. The van der Waals surface area contributed by atoms with E-state index in [0.29, 0.717) is 23.8 Å². The first kappa shape index (κ1) is 16.3. The third-order valence-electron chi connectivity index (χ3n) is 4.12. The predicted molar refractivity (Wildman–Crippen MR) is 96.7 cm³/mol. The zero-order valence-corrected chi connectivity index (χ0v) is 14.6. The summed E-state index contributed by atoms with van der Waals surface area (Å²) in [6, 6.07) is 17.8. The molecule has 2 heterocycles. The Morgan fingerprint density at radius 2 is 1.92 bits per heavy atom. The average molecular weight is 356 g/mol. The molecule has 1 fully saturated rings. The molecular formula is C20H18ClNO3. The van der Waals surface area contributed by atoms with E-state index in [4.69, 9.17) is 25.8 Å². The van der Waals surface area contributed by atoms with Gasteiger partial charge in [0, 0.05) is 11.8 Å². The van der Waals surface area contributed by atoms with E-state index in [1.165, 1.54) is 0 Å². The molecule has 0 spiro atoms. The molecule has 3 aromatic rings. The maximum absolute atomic E-state index is 6.34. The van der Waals surface area contributed by atoms with Crippen molar-refractivity contribution in [2.24, 2.45) is 0 Å². The van der Waals surface area contributed by atoms with Crippen molar-refractivity contribution in [3.8, 4) is 5.75 Å². The zero-order chi connectivity index (χ0) is 17.2. The Hall–Kier alpha value is -2.14. The maximum atomic E-state index is 6.34. The minimum absolute atomic E-state index is 0.113. The molecule has 0 atom stereocenters. The highest BCUT2D eigenvalue weighted by Gasteiger charge is 2.26. The van der Waals surface area contributed by atoms with E-state index in [1.807, 2.05) is 61.5 Å². The van der Waals surface area contributed by atoms with E-state index in [9.17, 15) is 0 Å². The van der Waals surface area contributed by atoms with Crippen molar-refractivity contribution in [3.05, 3.63) is 70.9 Å². The molecule has 1 aliphatic heterocycles. The Bertz CT molecular complexity index is 893. The van der Waals surface area contributed by atoms with Crippen molar-refractivity contribution in [2.75, 3.05) is 0 Å². The number of pyridine rings is 1. The van der Waals surface area contributed by atoms with Crippen LogP contribution in [0.15, 0.2) is 54.6 Å². The molecule has 0 N–H and O–H groups in total. The Labute approximate surface area is 151 Å². The lowest BCUT2D eigenvalue weighted by Crippen LogP contribution is -2.40. The summed E-state index contributed by atoms with van der Waals surface area (Å²) >= 11 is 6.34. The minimum Gasteiger partial charge on any atom is -0.486 e. The van der Waals surface area contributed by atoms with E-state index in [2.05, 4.69) is 4.98 Å². The highest BCUT2D eigenvalue weighted by molar-refractivity contribution is 6.32. The van der Waals surface area contributed by atoms with Crippen molar-refractivity contribution >= 4 is 22.5 Å². The van der Waals surface area contributed by atoms with Crippen molar-refractivity contribution in [1.82, 2.24) is 4.98 Å². The number of aromatic nitrogens is 1. The lowest BCUT2D eigenvalue weighted by molar-refractivity contribution is -0.374. The van der Waals surface area contributed by atoms with Gasteiger partial charge in [0.1, 0.15) is 12.4 Å². The number of halogens is 1. The molecule has 5 heteroatoms. The Kier molecular flexibility index (Phi) is 4.57. The van der Waals surface area contributed by atoms with Gasteiger partial charge in [-0.3, -0.25) is 0 Å². The van der Waals surface area contributed by atoms with Gasteiger partial charge in [0.2, 0.25) is 0 Å². The Morgan fingerprint density at radius 3 is 2.72 bits per heavy atom. The van der Waals surface area contributed by atoms with Crippen LogP contribution in [0.1, 0.15) is 18.2 Å². The summed E-state index contributed by atoms with van der Waals surface area (Å²) in [5.41, 5.74) is 2.88. The number of ether oxygens (including phenoxy) is 3. The normalized spacial score (nSPS) is 19.6. The molecule has 4 nitrogen and oxygen atoms in total. The molecule has 1 aromatic heterocycles. The second kappa shape index (κ2) is 7.00. The van der Waals surface area contributed by atoms with Crippen LogP contribution in [-0.2, 0) is 22.5 Å². The minimum atomic E-state index is -0.181.